The van der Waals surface area contributed by atoms with E-state index in [1.807, 2.05) is 19.1 Å². The number of ether oxygens (including phenoxy) is 1. The van der Waals surface area contributed by atoms with E-state index in [0.717, 1.165) is 10.4 Å². The van der Waals surface area contributed by atoms with Gasteiger partial charge >= 0.3 is 0 Å². The normalized spacial score (nSPS) is 10.5. The van der Waals surface area contributed by atoms with Crippen molar-refractivity contribution in [3.8, 4) is 11.6 Å². The average Bonchev–Trinajstić information content (AvgIpc) is 2.72. The Kier molecular flexibility index (Phi) is 2.33. The SMILES string of the molecule is COc1cnn(-c2ccc(C)o2)c1Br. The van der Waals surface area contributed by atoms with E-state index < -0.39 is 0 Å². The van der Waals surface area contributed by atoms with Crippen molar-refractivity contribution >= 4 is 15.9 Å². The van der Waals surface area contributed by atoms with E-state index in [-0.39, 0.29) is 0 Å². The number of aryl methyl sites for hydroxylation is 1. The Labute approximate surface area is 89.6 Å². The molecule has 0 aromatic carbocycles. The van der Waals surface area contributed by atoms with E-state index in [4.69, 9.17) is 9.15 Å². The van der Waals surface area contributed by atoms with Gasteiger partial charge in [-0.15, -0.1) is 0 Å². The van der Waals surface area contributed by atoms with Crippen LogP contribution in [0.15, 0.2) is 27.3 Å². The molecule has 0 saturated heterocycles. The van der Waals surface area contributed by atoms with Gasteiger partial charge in [0.15, 0.2) is 10.4 Å². The third-order valence-electron chi connectivity index (χ3n) is 1.83. The molecular weight excluding hydrogens is 248 g/mol. The Balaban J connectivity index is 2.46. The van der Waals surface area contributed by atoms with Gasteiger partial charge in [0.25, 0.3) is 0 Å². The monoisotopic (exact) mass is 256 g/mol. The molecule has 4 nitrogen and oxygen atoms in total. The molecule has 0 radical (unpaired) electrons. The quantitative estimate of drug-likeness (QED) is 0.829. The largest absolute Gasteiger partial charge is 0.492 e. The molecule has 0 saturated carbocycles. The fraction of sp³-hybridized carbons (Fsp3) is 0.222. The second kappa shape index (κ2) is 3.49. The lowest BCUT2D eigenvalue weighted by molar-refractivity contribution is 0.410. The maximum Gasteiger partial charge on any atom is 0.221 e. The van der Waals surface area contributed by atoms with Crippen molar-refractivity contribution in [3.05, 3.63) is 28.7 Å². The van der Waals surface area contributed by atoms with Gasteiger partial charge in [-0.25, -0.2) is 0 Å². The molecule has 0 amide bonds. The summed E-state index contributed by atoms with van der Waals surface area (Å²) in [6.45, 7) is 1.89. The standard InChI is InChI=1S/C9H9BrN2O2/c1-6-3-4-8(14-6)12-9(10)7(13-2)5-11-12/h3-5H,1-2H3. The number of methoxy groups -OCH3 is 1. The zero-order chi connectivity index (χ0) is 10.1. The van der Waals surface area contributed by atoms with Crippen LogP contribution in [0.5, 0.6) is 5.75 Å². The Hall–Kier alpha value is -1.23. The van der Waals surface area contributed by atoms with E-state index in [0.29, 0.717) is 11.6 Å². The molecule has 0 unspecified atom stereocenters. The molecule has 2 heterocycles. The predicted molar refractivity (Wildman–Crippen MR) is 54.8 cm³/mol. The molecule has 2 aromatic heterocycles. The van der Waals surface area contributed by atoms with Crippen LogP contribution in [0.25, 0.3) is 5.88 Å². The zero-order valence-corrected chi connectivity index (χ0v) is 9.41. The summed E-state index contributed by atoms with van der Waals surface area (Å²) >= 11 is 3.37. The lowest BCUT2D eigenvalue weighted by Gasteiger charge is -1.98. The van der Waals surface area contributed by atoms with E-state index in [1.54, 1.807) is 18.0 Å². The molecule has 2 rings (SSSR count). The summed E-state index contributed by atoms with van der Waals surface area (Å²) in [7, 11) is 1.60. The van der Waals surface area contributed by atoms with Crippen molar-refractivity contribution in [2.45, 2.75) is 6.92 Å². The summed E-state index contributed by atoms with van der Waals surface area (Å²) in [4.78, 5) is 0. The Morgan fingerprint density at radius 1 is 1.50 bits per heavy atom. The third-order valence-corrected chi connectivity index (χ3v) is 2.56. The first-order valence-electron chi connectivity index (χ1n) is 4.06. The third kappa shape index (κ3) is 1.43. The molecule has 0 fully saturated rings. The van der Waals surface area contributed by atoms with Crippen molar-refractivity contribution in [1.29, 1.82) is 0 Å². The van der Waals surface area contributed by atoms with E-state index >= 15 is 0 Å². The fourth-order valence-electron chi connectivity index (χ4n) is 1.14. The summed E-state index contributed by atoms with van der Waals surface area (Å²) < 4.78 is 12.9. The number of aromatic nitrogens is 2. The van der Waals surface area contributed by atoms with Crippen molar-refractivity contribution < 1.29 is 9.15 Å². The van der Waals surface area contributed by atoms with Crippen LogP contribution in [-0.4, -0.2) is 16.9 Å². The van der Waals surface area contributed by atoms with Gasteiger partial charge in [-0.3, -0.25) is 0 Å². The van der Waals surface area contributed by atoms with Gasteiger partial charge in [-0.1, -0.05) is 0 Å². The molecule has 14 heavy (non-hydrogen) atoms. The lowest BCUT2D eigenvalue weighted by atomic mass is 10.5. The predicted octanol–water partition coefficient (Wildman–Crippen LogP) is 2.54. The topological polar surface area (TPSA) is 40.2 Å². The second-order valence-electron chi connectivity index (χ2n) is 2.80. The number of nitrogens with zero attached hydrogens (tertiary/aromatic N) is 2. The lowest BCUT2D eigenvalue weighted by Crippen LogP contribution is -1.94. The maximum absolute atomic E-state index is 5.42. The molecule has 0 spiro atoms. The van der Waals surface area contributed by atoms with Crippen LogP contribution in [0, 0.1) is 6.92 Å². The average molecular weight is 257 g/mol. The van der Waals surface area contributed by atoms with E-state index in [9.17, 15) is 0 Å². The minimum absolute atomic E-state index is 0.665. The maximum atomic E-state index is 5.42. The summed E-state index contributed by atoms with van der Waals surface area (Å²) in [5.74, 6) is 2.19. The van der Waals surface area contributed by atoms with Gasteiger partial charge in [0.1, 0.15) is 5.76 Å². The molecule has 2 aromatic rings. The van der Waals surface area contributed by atoms with Gasteiger partial charge < -0.3 is 9.15 Å². The van der Waals surface area contributed by atoms with Gasteiger partial charge in [-0.05, 0) is 28.9 Å². The summed E-state index contributed by atoms with van der Waals surface area (Å²) in [5, 5.41) is 4.12. The van der Waals surface area contributed by atoms with Gasteiger partial charge in [0.05, 0.1) is 13.3 Å². The molecule has 5 heteroatoms. The van der Waals surface area contributed by atoms with E-state index in [2.05, 4.69) is 21.0 Å². The minimum Gasteiger partial charge on any atom is -0.492 e. The van der Waals surface area contributed by atoms with Crippen molar-refractivity contribution in [2.75, 3.05) is 7.11 Å². The number of rotatable bonds is 2. The smallest absolute Gasteiger partial charge is 0.221 e. The number of hydrogen-bond donors (Lipinski definition) is 0. The summed E-state index contributed by atoms with van der Waals surface area (Å²) in [5.41, 5.74) is 0. The molecule has 0 aliphatic rings. The molecule has 74 valence electrons. The van der Waals surface area contributed by atoms with Crippen LogP contribution in [-0.2, 0) is 0 Å². The Morgan fingerprint density at radius 2 is 2.29 bits per heavy atom. The second-order valence-corrected chi connectivity index (χ2v) is 3.55. The number of hydrogen-bond acceptors (Lipinski definition) is 3. The molecule has 0 aliphatic carbocycles. The number of halogens is 1. The molecule has 0 atom stereocenters. The Bertz CT molecular complexity index is 447. The van der Waals surface area contributed by atoms with Crippen molar-refractivity contribution in [1.82, 2.24) is 9.78 Å². The van der Waals surface area contributed by atoms with Crippen LogP contribution in [0.3, 0.4) is 0 Å². The molecule has 0 bridgehead atoms. The van der Waals surface area contributed by atoms with Crippen molar-refractivity contribution in [3.63, 3.8) is 0 Å². The van der Waals surface area contributed by atoms with Crippen LogP contribution in [0.1, 0.15) is 5.76 Å². The van der Waals surface area contributed by atoms with Crippen LogP contribution in [0.2, 0.25) is 0 Å². The van der Waals surface area contributed by atoms with Crippen LogP contribution in [0.4, 0.5) is 0 Å². The van der Waals surface area contributed by atoms with Crippen LogP contribution >= 0.6 is 15.9 Å². The highest BCUT2D eigenvalue weighted by atomic mass is 79.9. The highest BCUT2D eigenvalue weighted by molar-refractivity contribution is 9.10. The van der Waals surface area contributed by atoms with E-state index in [1.165, 1.54) is 0 Å². The number of furan rings is 1. The highest BCUT2D eigenvalue weighted by Crippen LogP contribution is 2.27. The first-order chi connectivity index (χ1) is 6.72. The summed E-state index contributed by atoms with van der Waals surface area (Å²) in [6, 6.07) is 3.74. The fourth-order valence-corrected chi connectivity index (χ4v) is 1.68. The van der Waals surface area contributed by atoms with Crippen molar-refractivity contribution in [2.24, 2.45) is 0 Å². The minimum atomic E-state index is 0.665. The Morgan fingerprint density at radius 3 is 2.79 bits per heavy atom. The highest BCUT2D eigenvalue weighted by Gasteiger charge is 2.11. The molecule has 0 aliphatic heterocycles. The zero-order valence-electron chi connectivity index (χ0n) is 7.82. The molecule has 0 N–H and O–H groups in total. The summed E-state index contributed by atoms with van der Waals surface area (Å²) in [6.07, 6.45) is 1.63. The van der Waals surface area contributed by atoms with Gasteiger partial charge in [0, 0.05) is 6.07 Å². The first kappa shape index (κ1) is 9.33. The van der Waals surface area contributed by atoms with Crippen LogP contribution < -0.4 is 4.74 Å². The first-order valence-corrected chi connectivity index (χ1v) is 4.86. The molecular formula is C9H9BrN2O2. The van der Waals surface area contributed by atoms with Gasteiger partial charge in [0.2, 0.25) is 5.88 Å². The van der Waals surface area contributed by atoms with Gasteiger partial charge in [-0.2, -0.15) is 9.78 Å².